The van der Waals surface area contributed by atoms with Crippen molar-refractivity contribution in [1.29, 1.82) is 0 Å². The predicted octanol–water partition coefficient (Wildman–Crippen LogP) is 5.33. The van der Waals surface area contributed by atoms with Gasteiger partial charge in [0.15, 0.2) is 5.54 Å². The van der Waals surface area contributed by atoms with E-state index in [1.165, 1.54) is 17.8 Å². The first-order valence-corrected chi connectivity index (χ1v) is 13.2. The molecule has 2 aromatic carbocycles. The van der Waals surface area contributed by atoms with Crippen molar-refractivity contribution in [3.63, 3.8) is 0 Å². The number of aromatic nitrogens is 1. The molecule has 2 aliphatic rings. The van der Waals surface area contributed by atoms with Gasteiger partial charge in [-0.25, -0.2) is 4.98 Å². The van der Waals surface area contributed by atoms with Gasteiger partial charge in [0.2, 0.25) is 5.91 Å². The number of para-hydroxylation sites is 1. The molecule has 0 saturated heterocycles. The lowest BCUT2D eigenvalue weighted by molar-refractivity contribution is -0.142. The molecule has 0 bridgehead atoms. The average Bonchev–Trinajstić information content (AvgIpc) is 3.44. The minimum Gasteiger partial charge on any atom is -0.497 e. The van der Waals surface area contributed by atoms with Crippen molar-refractivity contribution in [3.8, 4) is 5.75 Å². The highest BCUT2D eigenvalue weighted by molar-refractivity contribution is 7.18. The molecule has 1 atom stereocenters. The average molecular weight is 490 g/mol. The Labute approximate surface area is 210 Å². The van der Waals surface area contributed by atoms with Gasteiger partial charge in [-0.1, -0.05) is 50.5 Å². The van der Waals surface area contributed by atoms with E-state index < -0.39 is 5.54 Å². The summed E-state index contributed by atoms with van der Waals surface area (Å²) in [4.78, 5) is 34.5. The Morgan fingerprint density at radius 3 is 2.57 bits per heavy atom. The maximum atomic E-state index is 14.3. The number of methoxy groups -OCH3 is 1. The number of rotatable bonds is 7. The van der Waals surface area contributed by atoms with E-state index >= 15 is 0 Å². The minimum absolute atomic E-state index is 0.124. The zero-order chi connectivity index (χ0) is 24.4. The maximum absolute atomic E-state index is 14.3. The lowest BCUT2D eigenvalue weighted by atomic mass is 9.86. The molecule has 0 spiro atoms. The first kappa shape index (κ1) is 23.5. The lowest BCUT2D eigenvalue weighted by Crippen LogP contribution is -2.57. The molecule has 1 aromatic heterocycles. The zero-order valence-corrected chi connectivity index (χ0v) is 21.1. The summed E-state index contributed by atoms with van der Waals surface area (Å²) in [6.07, 6.45) is 7.61. The summed E-state index contributed by atoms with van der Waals surface area (Å²) in [6.45, 7) is 2.31. The molecule has 2 amide bonds. The van der Waals surface area contributed by atoms with E-state index in [9.17, 15) is 9.59 Å². The standard InChI is InChI=1S/C28H31N3O3S/c1-3-20-17-25(32)31(18-19-13-15-22(34-2)16-14-19)28(20,26(33)29-21-9-5-4-6-10-21)27-30-23-11-7-8-12-24(23)35-27/h7-8,11-17,21H,3-6,9-10,18H2,1-2H3,(H,29,33). The van der Waals surface area contributed by atoms with Gasteiger partial charge in [-0.15, -0.1) is 11.3 Å². The van der Waals surface area contributed by atoms with E-state index in [4.69, 9.17) is 9.72 Å². The van der Waals surface area contributed by atoms with Crippen LogP contribution in [0.3, 0.4) is 0 Å². The molecule has 1 aliphatic carbocycles. The molecule has 6 nitrogen and oxygen atoms in total. The fraction of sp³-hybridized carbons (Fsp3) is 0.393. The topological polar surface area (TPSA) is 71.5 Å². The van der Waals surface area contributed by atoms with E-state index in [0.717, 1.165) is 52.8 Å². The largest absolute Gasteiger partial charge is 0.497 e. The molecular weight excluding hydrogens is 458 g/mol. The number of hydrogen-bond donors (Lipinski definition) is 1. The summed E-state index contributed by atoms with van der Waals surface area (Å²) in [6, 6.07) is 15.7. The van der Waals surface area contributed by atoms with Crippen LogP contribution in [-0.2, 0) is 21.7 Å². The summed E-state index contributed by atoms with van der Waals surface area (Å²) >= 11 is 1.50. The van der Waals surface area contributed by atoms with Crippen LogP contribution in [0, 0.1) is 0 Å². The molecule has 1 aliphatic heterocycles. The number of carbonyl (C=O) groups excluding carboxylic acids is 2. The van der Waals surface area contributed by atoms with Crippen LogP contribution >= 0.6 is 11.3 Å². The third-order valence-electron chi connectivity index (χ3n) is 7.19. The molecule has 2 heterocycles. The number of fused-ring (bicyclic) bond motifs is 1. The summed E-state index contributed by atoms with van der Waals surface area (Å²) in [5.74, 6) is 0.452. The number of benzene rings is 2. The van der Waals surface area contributed by atoms with Crippen LogP contribution < -0.4 is 10.1 Å². The van der Waals surface area contributed by atoms with Gasteiger partial charge in [-0.05, 0) is 54.7 Å². The summed E-state index contributed by atoms with van der Waals surface area (Å²) in [5.41, 5.74) is 1.31. The van der Waals surface area contributed by atoms with Gasteiger partial charge in [0.05, 0.1) is 17.3 Å². The van der Waals surface area contributed by atoms with E-state index in [1.807, 2.05) is 55.5 Å². The summed E-state index contributed by atoms with van der Waals surface area (Å²) in [7, 11) is 1.63. The molecule has 1 unspecified atom stereocenters. The van der Waals surface area contributed by atoms with Crippen LogP contribution in [0.25, 0.3) is 10.2 Å². The minimum atomic E-state index is -1.26. The van der Waals surface area contributed by atoms with E-state index in [1.54, 1.807) is 18.1 Å². The van der Waals surface area contributed by atoms with Gasteiger partial charge in [-0.3, -0.25) is 9.59 Å². The van der Waals surface area contributed by atoms with Crippen molar-refractivity contribution in [2.45, 2.75) is 63.6 Å². The van der Waals surface area contributed by atoms with Gasteiger partial charge in [0.1, 0.15) is 10.8 Å². The van der Waals surface area contributed by atoms with Gasteiger partial charge >= 0.3 is 0 Å². The van der Waals surface area contributed by atoms with E-state index in [-0.39, 0.29) is 17.9 Å². The molecule has 1 saturated carbocycles. The molecule has 0 radical (unpaired) electrons. The normalized spacial score (nSPS) is 20.8. The van der Waals surface area contributed by atoms with Crippen molar-refractivity contribution in [2.24, 2.45) is 0 Å². The van der Waals surface area contributed by atoms with Crippen LogP contribution in [-0.4, -0.2) is 34.8 Å². The summed E-state index contributed by atoms with van der Waals surface area (Å²) in [5, 5.41) is 3.99. The smallest absolute Gasteiger partial charge is 0.257 e. The number of nitrogens with zero attached hydrogens (tertiary/aromatic N) is 2. The Morgan fingerprint density at radius 1 is 1.14 bits per heavy atom. The van der Waals surface area contributed by atoms with Crippen LogP contribution in [0.2, 0.25) is 0 Å². The van der Waals surface area contributed by atoms with Crippen molar-refractivity contribution in [3.05, 3.63) is 70.8 Å². The number of nitrogens with one attached hydrogen (secondary N) is 1. The van der Waals surface area contributed by atoms with Gasteiger partial charge in [0, 0.05) is 18.7 Å². The number of carbonyl (C=O) groups is 2. The second-order valence-electron chi connectivity index (χ2n) is 9.30. The Balaban J connectivity index is 1.62. The molecule has 7 heteroatoms. The molecular formula is C28H31N3O3S. The molecule has 3 aromatic rings. The quantitative estimate of drug-likeness (QED) is 0.487. The van der Waals surface area contributed by atoms with Crippen LogP contribution in [0.15, 0.2) is 60.2 Å². The van der Waals surface area contributed by atoms with Crippen molar-refractivity contribution in [1.82, 2.24) is 15.2 Å². The number of hydrogen-bond acceptors (Lipinski definition) is 5. The SMILES string of the molecule is CCC1=CC(=O)N(Cc2ccc(OC)cc2)C1(C(=O)NC1CCCCC1)c1nc2ccccc2s1. The molecule has 5 rings (SSSR count). The van der Waals surface area contributed by atoms with Crippen molar-refractivity contribution >= 4 is 33.4 Å². The van der Waals surface area contributed by atoms with Crippen LogP contribution in [0.1, 0.15) is 56.0 Å². The fourth-order valence-electron chi connectivity index (χ4n) is 5.32. The Hall–Kier alpha value is -3.19. The van der Waals surface area contributed by atoms with E-state index in [2.05, 4.69) is 5.32 Å². The predicted molar refractivity (Wildman–Crippen MR) is 138 cm³/mol. The highest BCUT2D eigenvalue weighted by Crippen LogP contribution is 2.46. The number of amides is 2. The number of ether oxygens (including phenoxy) is 1. The fourth-order valence-corrected chi connectivity index (χ4v) is 6.52. The monoisotopic (exact) mass is 489 g/mol. The highest BCUT2D eigenvalue weighted by atomic mass is 32.1. The molecule has 182 valence electrons. The number of thiazole rings is 1. The molecule has 35 heavy (non-hydrogen) atoms. The molecule has 1 N–H and O–H groups in total. The second kappa shape index (κ2) is 9.82. The highest BCUT2D eigenvalue weighted by Gasteiger charge is 2.56. The second-order valence-corrected chi connectivity index (χ2v) is 10.3. The summed E-state index contributed by atoms with van der Waals surface area (Å²) < 4.78 is 6.30. The zero-order valence-electron chi connectivity index (χ0n) is 20.3. The van der Waals surface area contributed by atoms with Crippen molar-refractivity contribution < 1.29 is 14.3 Å². The van der Waals surface area contributed by atoms with Gasteiger partial charge < -0.3 is 15.0 Å². The third kappa shape index (κ3) is 4.22. The van der Waals surface area contributed by atoms with E-state index in [0.29, 0.717) is 18.0 Å². The van der Waals surface area contributed by atoms with Gasteiger partial charge in [0.25, 0.3) is 5.91 Å². The Morgan fingerprint density at radius 2 is 1.89 bits per heavy atom. The van der Waals surface area contributed by atoms with Crippen molar-refractivity contribution in [2.75, 3.05) is 7.11 Å². The lowest BCUT2D eigenvalue weighted by Gasteiger charge is -2.39. The first-order chi connectivity index (χ1) is 17.1. The van der Waals surface area contributed by atoms with Crippen LogP contribution in [0.5, 0.6) is 5.75 Å². The van der Waals surface area contributed by atoms with Crippen LogP contribution in [0.4, 0.5) is 0 Å². The van der Waals surface area contributed by atoms with Gasteiger partial charge in [-0.2, -0.15) is 0 Å². The third-order valence-corrected chi connectivity index (χ3v) is 8.33. The Kier molecular flexibility index (Phi) is 6.60. The Bertz CT molecular complexity index is 1230. The maximum Gasteiger partial charge on any atom is 0.257 e. The molecule has 1 fully saturated rings. The first-order valence-electron chi connectivity index (χ1n) is 12.4.